The number of hydrogen-bond donors (Lipinski definition) is 0. The lowest BCUT2D eigenvalue weighted by Crippen LogP contribution is -2.48. The fraction of sp³-hybridized carbons (Fsp3) is 0.385. The number of carbonyl (C=O) groups is 1. The Kier molecular flexibility index (Phi) is 8.07. The van der Waals surface area contributed by atoms with Crippen LogP contribution < -0.4 is 0 Å². The fourth-order valence-corrected chi connectivity index (χ4v) is 5.13. The van der Waals surface area contributed by atoms with Gasteiger partial charge in [-0.15, -0.1) is 11.3 Å². The van der Waals surface area contributed by atoms with Gasteiger partial charge in [0.2, 0.25) is 0 Å². The van der Waals surface area contributed by atoms with Crippen LogP contribution in [0.25, 0.3) is 0 Å². The number of amides is 1. The zero-order chi connectivity index (χ0) is 25.9. The average molecular weight is 522 g/mol. The molecule has 192 valence electrons. The zero-order valence-corrected chi connectivity index (χ0v) is 20.8. The Balaban J connectivity index is 1.53. The SMILES string of the molecule is CC1CN(C(=O)c2csc(CN(Cc3cccc(C(F)(F)F)c3)Cc3ccccc3F)n2)CC(C)O1. The van der Waals surface area contributed by atoms with E-state index in [1.807, 2.05) is 18.7 Å². The molecule has 1 aromatic heterocycles. The van der Waals surface area contributed by atoms with Crippen LogP contribution in [0.3, 0.4) is 0 Å². The number of halogens is 4. The number of morpholine rings is 1. The van der Waals surface area contributed by atoms with Crippen molar-refractivity contribution in [3.63, 3.8) is 0 Å². The van der Waals surface area contributed by atoms with Crippen molar-refractivity contribution in [3.8, 4) is 0 Å². The summed E-state index contributed by atoms with van der Waals surface area (Å²) in [6.07, 6.45) is -4.59. The van der Waals surface area contributed by atoms with E-state index in [-0.39, 0.29) is 37.7 Å². The van der Waals surface area contributed by atoms with Crippen molar-refractivity contribution in [2.75, 3.05) is 13.1 Å². The van der Waals surface area contributed by atoms with Gasteiger partial charge < -0.3 is 9.64 Å². The van der Waals surface area contributed by atoms with Crippen molar-refractivity contribution in [1.29, 1.82) is 0 Å². The van der Waals surface area contributed by atoms with Crippen LogP contribution >= 0.6 is 11.3 Å². The van der Waals surface area contributed by atoms with Gasteiger partial charge in [-0.05, 0) is 31.5 Å². The summed E-state index contributed by atoms with van der Waals surface area (Å²) >= 11 is 1.30. The van der Waals surface area contributed by atoms with Crippen molar-refractivity contribution in [2.45, 2.75) is 51.9 Å². The second-order valence-electron chi connectivity index (χ2n) is 9.03. The van der Waals surface area contributed by atoms with Gasteiger partial charge in [0.05, 0.1) is 24.3 Å². The van der Waals surface area contributed by atoms with E-state index in [4.69, 9.17) is 4.74 Å². The Hall–Kier alpha value is -2.82. The third-order valence-corrected chi connectivity index (χ3v) is 6.68. The molecule has 1 fully saturated rings. The first kappa shape index (κ1) is 26.2. The van der Waals surface area contributed by atoms with Gasteiger partial charge in [-0.2, -0.15) is 13.2 Å². The molecule has 0 saturated carbocycles. The molecule has 1 aliphatic heterocycles. The monoisotopic (exact) mass is 521 g/mol. The molecule has 0 spiro atoms. The maximum atomic E-state index is 14.4. The Morgan fingerprint density at radius 3 is 2.50 bits per heavy atom. The normalized spacial score (nSPS) is 18.6. The van der Waals surface area contributed by atoms with E-state index in [2.05, 4.69) is 4.98 Å². The minimum atomic E-state index is -4.45. The number of nitrogens with zero attached hydrogens (tertiary/aromatic N) is 3. The zero-order valence-electron chi connectivity index (χ0n) is 20.0. The van der Waals surface area contributed by atoms with Gasteiger partial charge in [0.15, 0.2) is 0 Å². The quantitative estimate of drug-likeness (QED) is 0.372. The summed E-state index contributed by atoms with van der Waals surface area (Å²) in [6.45, 7) is 5.35. The topological polar surface area (TPSA) is 45.7 Å². The molecular weight excluding hydrogens is 494 g/mol. The molecule has 1 amide bonds. The molecule has 1 saturated heterocycles. The summed E-state index contributed by atoms with van der Waals surface area (Å²) in [5.74, 6) is -0.574. The molecule has 3 aromatic rings. The third-order valence-electron chi connectivity index (χ3n) is 5.85. The van der Waals surface area contributed by atoms with Crippen molar-refractivity contribution >= 4 is 17.2 Å². The minimum Gasteiger partial charge on any atom is -0.372 e. The fourth-order valence-electron chi connectivity index (χ4n) is 4.32. The number of rotatable bonds is 7. The van der Waals surface area contributed by atoms with Gasteiger partial charge in [-0.3, -0.25) is 9.69 Å². The second kappa shape index (κ2) is 11.1. The number of aromatic nitrogens is 1. The van der Waals surface area contributed by atoms with Gasteiger partial charge >= 0.3 is 6.18 Å². The van der Waals surface area contributed by atoms with E-state index in [9.17, 15) is 22.4 Å². The second-order valence-corrected chi connectivity index (χ2v) is 9.97. The number of hydrogen-bond acceptors (Lipinski definition) is 5. The first-order valence-corrected chi connectivity index (χ1v) is 12.5. The number of benzene rings is 2. The smallest absolute Gasteiger partial charge is 0.372 e. The number of ether oxygens (including phenoxy) is 1. The molecule has 2 atom stereocenters. The standard InChI is InChI=1S/C26H27F4N3O2S/c1-17-11-33(12-18(2)35-17)25(34)23-16-36-24(31-23)15-32(14-20-7-3-4-9-22(20)27)13-19-6-5-8-21(10-19)26(28,29)30/h3-10,16-18H,11-15H2,1-2H3. The number of alkyl halides is 3. The summed E-state index contributed by atoms with van der Waals surface area (Å²) in [5.41, 5.74) is 0.460. The molecule has 2 unspecified atom stereocenters. The van der Waals surface area contributed by atoms with E-state index >= 15 is 0 Å². The van der Waals surface area contributed by atoms with Crippen LogP contribution in [0.1, 0.15) is 46.0 Å². The summed E-state index contributed by atoms with van der Waals surface area (Å²) in [5, 5.41) is 2.31. The molecule has 10 heteroatoms. The highest BCUT2D eigenvalue weighted by molar-refractivity contribution is 7.09. The Morgan fingerprint density at radius 2 is 1.81 bits per heavy atom. The summed E-state index contributed by atoms with van der Waals surface area (Å²) in [4.78, 5) is 21.0. The first-order chi connectivity index (χ1) is 17.1. The van der Waals surface area contributed by atoms with Crippen LogP contribution in [0.15, 0.2) is 53.9 Å². The largest absolute Gasteiger partial charge is 0.416 e. The summed E-state index contributed by atoms with van der Waals surface area (Å²) < 4.78 is 59.7. The average Bonchev–Trinajstić information content (AvgIpc) is 3.27. The van der Waals surface area contributed by atoms with Gasteiger partial charge in [0.1, 0.15) is 16.5 Å². The van der Waals surface area contributed by atoms with Crippen LogP contribution in [0.5, 0.6) is 0 Å². The molecule has 0 N–H and O–H groups in total. The molecule has 0 radical (unpaired) electrons. The van der Waals surface area contributed by atoms with Gasteiger partial charge in [-0.25, -0.2) is 9.37 Å². The highest BCUT2D eigenvalue weighted by Gasteiger charge is 2.31. The molecule has 0 aliphatic carbocycles. The van der Waals surface area contributed by atoms with E-state index in [0.29, 0.717) is 34.9 Å². The Bertz CT molecular complexity index is 1190. The minimum absolute atomic E-state index is 0.0699. The molecule has 2 heterocycles. The molecule has 5 nitrogen and oxygen atoms in total. The molecular formula is C26H27F4N3O2S. The molecule has 1 aliphatic rings. The van der Waals surface area contributed by atoms with E-state index in [1.54, 1.807) is 34.5 Å². The van der Waals surface area contributed by atoms with Gasteiger partial charge in [0, 0.05) is 37.1 Å². The van der Waals surface area contributed by atoms with Crippen molar-refractivity contribution < 1.29 is 27.1 Å². The predicted molar refractivity (Wildman–Crippen MR) is 129 cm³/mol. The maximum absolute atomic E-state index is 14.4. The molecule has 36 heavy (non-hydrogen) atoms. The predicted octanol–water partition coefficient (Wildman–Crippen LogP) is 5.75. The van der Waals surface area contributed by atoms with E-state index in [0.717, 1.165) is 12.1 Å². The van der Waals surface area contributed by atoms with Crippen LogP contribution in [0, 0.1) is 5.82 Å². The van der Waals surface area contributed by atoms with Gasteiger partial charge in [0.25, 0.3) is 5.91 Å². The van der Waals surface area contributed by atoms with Gasteiger partial charge in [-0.1, -0.05) is 36.4 Å². The highest BCUT2D eigenvalue weighted by atomic mass is 32.1. The van der Waals surface area contributed by atoms with Crippen molar-refractivity contribution in [3.05, 3.63) is 87.1 Å². The lowest BCUT2D eigenvalue weighted by atomic mass is 10.1. The first-order valence-electron chi connectivity index (χ1n) is 11.6. The van der Waals surface area contributed by atoms with Crippen LogP contribution in [0.2, 0.25) is 0 Å². The number of thiazole rings is 1. The van der Waals surface area contributed by atoms with Crippen molar-refractivity contribution in [1.82, 2.24) is 14.8 Å². The highest BCUT2D eigenvalue weighted by Crippen LogP contribution is 2.30. The molecule has 4 rings (SSSR count). The van der Waals surface area contributed by atoms with Crippen LogP contribution in [-0.4, -0.2) is 46.0 Å². The van der Waals surface area contributed by atoms with E-state index < -0.39 is 17.6 Å². The van der Waals surface area contributed by atoms with Crippen LogP contribution in [-0.2, 0) is 30.5 Å². The van der Waals surface area contributed by atoms with Crippen LogP contribution in [0.4, 0.5) is 17.6 Å². The lowest BCUT2D eigenvalue weighted by molar-refractivity contribution is -0.137. The Morgan fingerprint density at radius 1 is 1.08 bits per heavy atom. The van der Waals surface area contributed by atoms with Crippen molar-refractivity contribution in [2.24, 2.45) is 0 Å². The number of carbonyl (C=O) groups excluding carboxylic acids is 1. The molecule has 0 bridgehead atoms. The Labute approximate surface area is 211 Å². The van der Waals surface area contributed by atoms with E-state index in [1.165, 1.54) is 23.5 Å². The summed E-state index contributed by atoms with van der Waals surface area (Å²) in [7, 11) is 0. The molecule has 2 aromatic carbocycles. The maximum Gasteiger partial charge on any atom is 0.416 e. The third kappa shape index (κ3) is 6.68. The lowest BCUT2D eigenvalue weighted by Gasteiger charge is -2.34. The summed E-state index contributed by atoms with van der Waals surface area (Å²) in [6, 6.07) is 11.4.